The molecule has 1 heterocycles. The van der Waals surface area contributed by atoms with E-state index < -0.39 is 0 Å². The summed E-state index contributed by atoms with van der Waals surface area (Å²) in [5.41, 5.74) is 0.645. The third-order valence-corrected chi connectivity index (χ3v) is 1.90. The Balaban J connectivity index is 2.42. The van der Waals surface area contributed by atoms with Crippen molar-refractivity contribution in [2.45, 2.75) is 13.0 Å². The van der Waals surface area contributed by atoms with Crippen molar-refractivity contribution in [1.82, 2.24) is 0 Å². The Labute approximate surface area is 75.1 Å². The summed E-state index contributed by atoms with van der Waals surface area (Å²) in [6.45, 7) is 1.70. The molecule has 2 rings (SSSR count). The fourth-order valence-electron chi connectivity index (χ4n) is 1.21. The standard InChI is InChI=1S/C9H9NO3/c1-5-9(12)13-8-3-2-6(11)4-7(8)10-5/h2-5,10-11H,1H3. The van der Waals surface area contributed by atoms with Crippen LogP contribution in [0.15, 0.2) is 18.2 Å². The van der Waals surface area contributed by atoms with E-state index in [0.29, 0.717) is 11.4 Å². The van der Waals surface area contributed by atoms with Crippen LogP contribution in [0, 0.1) is 0 Å². The predicted octanol–water partition coefficient (Wildman–Crippen LogP) is 1.11. The van der Waals surface area contributed by atoms with Gasteiger partial charge in [0.2, 0.25) is 0 Å². The van der Waals surface area contributed by atoms with Crippen molar-refractivity contribution < 1.29 is 14.6 Å². The number of aromatic hydroxyl groups is 1. The van der Waals surface area contributed by atoms with Crippen molar-refractivity contribution in [1.29, 1.82) is 0 Å². The smallest absolute Gasteiger partial charge is 0.333 e. The Morgan fingerprint density at radius 3 is 3.08 bits per heavy atom. The molecular weight excluding hydrogens is 170 g/mol. The number of hydrogen-bond donors (Lipinski definition) is 2. The van der Waals surface area contributed by atoms with Crippen LogP contribution >= 0.6 is 0 Å². The molecule has 0 bridgehead atoms. The number of anilines is 1. The fraction of sp³-hybridized carbons (Fsp3) is 0.222. The summed E-state index contributed by atoms with van der Waals surface area (Å²) in [7, 11) is 0. The molecule has 4 nitrogen and oxygen atoms in total. The van der Waals surface area contributed by atoms with E-state index in [1.54, 1.807) is 13.0 Å². The zero-order valence-corrected chi connectivity index (χ0v) is 7.07. The van der Waals surface area contributed by atoms with Crippen LogP contribution in [0.2, 0.25) is 0 Å². The Bertz CT molecular complexity index is 362. The highest BCUT2D eigenvalue weighted by Crippen LogP contribution is 2.32. The largest absolute Gasteiger partial charge is 0.508 e. The van der Waals surface area contributed by atoms with E-state index in [1.807, 2.05) is 0 Å². The molecule has 0 saturated carbocycles. The van der Waals surface area contributed by atoms with Crippen LogP contribution in [0.1, 0.15) is 6.92 Å². The maximum Gasteiger partial charge on any atom is 0.333 e. The Kier molecular flexibility index (Phi) is 1.62. The van der Waals surface area contributed by atoms with Crippen molar-refractivity contribution in [2.24, 2.45) is 0 Å². The van der Waals surface area contributed by atoms with Crippen molar-refractivity contribution in [3.8, 4) is 11.5 Å². The molecular formula is C9H9NO3. The maximum absolute atomic E-state index is 11.1. The lowest BCUT2D eigenvalue weighted by Crippen LogP contribution is -2.34. The molecule has 0 fully saturated rings. The van der Waals surface area contributed by atoms with Crippen molar-refractivity contribution in [3.05, 3.63) is 18.2 Å². The highest BCUT2D eigenvalue weighted by atomic mass is 16.5. The van der Waals surface area contributed by atoms with Crippen molar-refractivity contribution in [2.75, 3.05) is 5.32 Å². The van der Waals surface area contributed by atoms with Gasteiger partial charge in [-0.3, -0.25) is 0 Å². The summed E-state index contributed by atoms with van der Waals surface area (Å²) >= 11 is 0. The molecule has 0 aliphatic carbocycles. The number of esters is 1. The molecule has 1 aliphatic rings. The number of fused-ring (bicyclic) bond motifs is 1. The van der Waals surface area contributed by atoms with Gasteiger partial charge in [0.1, 0.15) is 11.8 Å². The lowest BCUT2D eigenvalue weighted by Gasteiger charge is -2.22. The first-order chi connectivity index (χ1) is 6.16. The van der Waals surface area contributed by atoms with E-state index in [2.05, 4.69) is 5.32 Å². The summed E-state index contributed by atoms with van der Waals surface area (Å²) in [5, 5.41) is 12.1. The lowest BCUT2D eigenvalue weighted by molar-refractivity contribution is -0.135. The van der Waals surface area contributed by atoms with Gasteiger partial charge in [0.05, 0.1) is 5.69 Å². The first-order valence-electron chi connectivity index (χ1n) is 3.98. The van der Waals surface area contributed by atoms with Gasteiger partial charge in [0.15, 0.2) is 5.75 Å². The summed E-state index contributed by atoms with van der Waals surface area (Å²) in [6, 6.07) is 4.19. The highest BCUT2D eigenvalue weighted by molar-refractivity contribution is 5.86. The molecule has 1 aromatic carbocycles. The summed E-state index contributed by atoms with van der Waals surface area (Å²) in [5.74, 6) is 0.301. The van der Waals surface area contributed by atoms with Crippen LogP contribution in [0.3, 0.4) is 0 Å². The average molecular weight is 179 g/mol. The zero-order valence-electron chi connectivity index (χ0n) is 7.07. The number of benzene rings is 1. The number of hydrogen-bond acceptors (Lipinski definition) is 4. The van der Waals surface area contributed by atoms with Gasteiger partial charge in [-0.05, 0) is 19.1 Å². The van der Waals surface area contributed by atoms with Crippen LogP contribution in [-0.4, -0.2) is 17.1 Å². The zero-order chi connectivity index (χ0) is 9.42. The minimum atomic E-state index is -0.366. The van der Waals surface area contributed by atoms with Gasteiger partial charge < -0.3 is 15.2 Å². The van der Waals surface area contributed by atoms with Gasteiger partial charge in [-0.15, -0.1) is 0 Å². The molecule has 68 valence electrons. The van der Waals surface area contributed by atoms with E-state index in [-0.39, 0.29) is 17.8 Å². The maximum atomic E-state index is 11.1. The van der Waals surface area contributed by atoms with Gasteiger partial charge >= 0.3 is 5.97 Å². The first kappa shape index (κ1) is 7.91. The minimum absolute atomic E-state index is 0.149. The Morgan fingerprint density at radius 2 is 2.31 bits per heavy atom. The monoisotopic (exact) mass is 179 g/mol. The van der Waals surface area contributed by atoms with Crippen molar-refractivity contribution >= 4 is 11.7 Å². The molecule has 4 heteroatoms. The van der Waals surface area contributed by atoms with E-state index in [9.17, 15) is 4.79 Å². The van der Waals surface area contributed by atoms with E-state index in [4.69, 9.17) is 9.84 Å². The molecule has 0 spiro atoms. The van der Waals surface area contributed by atoms with Crippen LogP contribution in [0.5, 0.6) is 11.5 Å². The molecule has 2 N–H and O–H groups in total. The first-order valence-corrected chi connectivity index (χ1v) is 3.98. The number of phenolic OH excluding ortho intramolecular Hbond substituents is 1. The van der Waals surface area contributed by atoms with Crippen LogP contribution in [0.4, 0.5) is 5.69 Å². The molecule has 1 atom stereocenters. The second-order valence-corrected chi connectivity index (χ2v) is 2.97. The quantitative estimate of drug-likeness (QED) is 0.462. The molecule has 1 aromatic rings. The Hall–Kier alpha value is -1.71. The minimum Gasteiger partial charge on any atom is -0.508 e. The molecule has 0 amide bonds. The molecule has 0 aromatic heterocycles. The molecule has 0 radical (unpaired) electrons. The third-order valence-electron chi connectivity index (χ3n) is 1.90. The lowest BCUT2D eigenvalue weighted by atomic mass is 10.2. The average Bonchev–Trinajstić information content (AvgIpc) is 2.08. The van der Waals surface area contributed by atoms with Crippen LogP contribution in [0.25, 0.3) is 0 Å². The predicted molar refractivity (Wildman–Crippen MR) is 46.8 cm³/mol. The fourth-order valence-corrected chi connectivity index (χ4v) is 1.21. The van der Waals surface area contributed by atoms with Gasteiger partial charge in [-0.2, -0.15) is 0 Å². The SMILES string of the molecule is CC1Nc2cc(O)ccc2OC1=O. The summed E-state index contributed by atoms with van der Waals surface area (Å²) in [6.07, 6.45) is 0. The van der Waals surface area contributed by atoms with E-state index in [1.165, 1.54) is 12.1 Å². The molecule has 13 heavy (non-hydrogen) atoms. The van der Waals surface area contributed by atoms with Gasteiger partial charge in [-0.25, -0.2) is 4.79 Å². The van der Waals surface area contributed by atoms with Gasteiger partial charge in [0, 0.05) is 6.07 Å². The van der Waals surface area contributed by atoms with Crippen LogP contribution < -0.4 is 10.1 Å². The summed E-state index contributed by atoms with van der Waals surface area (Å²) in [4.78, 5) is 11.1. The number of ether oxygens (including phenoxy) is 1. The van der Waals surface area contributed by atoms with Crippen LogP contribution in [-0.2, 0) is 4.79 Å². The molecule has 1 unspecified atom stereocenters. The number of carbonyl (C=O) groups is 1. The van der Waals surface area contributed by atoms with Gasteiger partial charge in [-0.1, -0.05) is 0 Å². The number of nitrogens with one attached hydrogen (secondary N) is 1. The van der Waals surface area contributed by atoms with Gasteiger partial charge in [0.25, 0.3) is 0 Å². The Morgan fingerprint density at radius 1 is 1.54 bits per heavy atom. The topological polar surface area (TPSA) is 58.6 Å². The molecule has 0 saturated heterocycles. The normalized spacial score (nSPS) is 20.1. The van der Waals surface area contributed by atoms with E-state index in [0.717, 1.165) is 0 Å². The highest BCUT2D eigenvalue weighted by Gasteiger charge is 2.23. The second-order valence-electron chi connectivity index (χ2n) is 2.97. The third kappa shape index (κ3) is 1.30. The number of rotatable bonds is 0. The number of carbonyl (C=O) groups excluding carboxylic acids is 1. The number of phenols is 1. The van der Waals surface area contributed by atoms with Crippen molar-refractivity contribution in [3.63, 3.8) is 0 Å². The molecule has 1 aliphatic heterocycles. The second kappa shape index (κ2) is 2.65. The van der Waals surface area contributed by atoms with E-state index >= 15 is 0 Å². The summed E-state index contributed by atoms with van der Waals surface area (Å²) < 4.78 is 4.99.